The molecule has 1 amide bonds. The maximum Gasteiger partial charge on any atom is 0.255 e. The quantitative estimate of drug-likeness (QED) is 0.884. The highest BCUT2D eigenvalue weighted by atomic mass is 16.2. The number of nitriles is 1. The van der Waals surface area contributed by atoms with Crippen LogP contribution >= 0.6 is 0 Å². The van der Waals surface area contributed by atoms with Crippen molar-refractivity contribution in [3.63, 3.8) is 0 Å². The van der Waals surface area contributed by atoms with Gasteiger partial charge in [0, 0.05) is 17.9 Å². The Morgan fingerprint density at radius 3 is 2.62 bits per heavy atom. The molecule has 0 aromatic heterocycles. The molecule has 0 aliphatic rings. The van der Waals surface area contributed by atoms with Crippen molar-refractivity contribution in [2.45, 2.75) is 12.8 Å². The highest BCUT2D eigenvalue weighted by Crippen LogP contribution is 2.14. The van der Waals surface area contributed by atoms with Crippen LogP contribution in [0.4, 0.5) is 5.69 Å². The van der Waals surface area contributed by atoms with Gasteiger partial charge in [0.2, 0.25) is 0 Å². The van der Waals surface area contributed by atoms with Gasteiger partial charge >= 0.3 is 0 Å². The molecule has 0 saturated carbocycles. The molecule has 0 atom stereocenters. The summed E-state index contributed by atoms with van der Waals surface area (Å²) in [6.07, 6.45) is 1.48. The zero-order chi connectivity index (χ0) is 15.1. The highest BCUT2D eigenvalue weighted by molar-refractivity contribution is 6.04. The Balaban J connectivity index is 2.06. The molecule has 4 nitrogen and oxygen atoms in total. The number of carbonyl (C=O) groups is 1. The number of rotatable bonds is 5. The lowest BCUT2D eigenvalue weighted by Gasteiger charge is -2.07. The van der Waals surface area contributed by atoms with Crippen molar-refractivity contribution in [3.8, 4) is 6.07 Å². The highest BCUT2D eigenvalue weighted by Gasteiger charge is 2.06. The molecule has 4 heteroatoms. The summed E-state index contributed by atoms with van der Waals surface area (Å²) < 4.78 is 0. The summed E-state index contributed by atoms with van der Waals surface area (Å²) in [6.45, 7) is 0.155. The molecule has 0 aliphatic carbocycles. The number of carbonyl (C=O) groups excluding carboxylic acids is 1. The Bertz CT molecular complexity index is 657. The number of nitrogens with zero attached hydrogens (tertiary/aromatic N) is 1. The fourth-order valence-electron chi connectivity index (χ4n) is 1.99. The number of anilines is 1. The monoisotopic (exact) mass is 280 g/mol. The van der Waals surface area contributed by atoms with E-state index in [1.165, 1.54) is 0 Å². The fraction of sp³-hybridized carbons (Fsp3) is 0.176. The average Bonchev–Trinajstić information content (AvgIpc) is 2.53. The van der Waals surface area contributed by atoms with E-state index in [4.69, 9.17) is 10.4 Å². The smallest absolute Gasteiger partial charge is 0.255 e. The van der Waals surface area contributed by atoms with Crippen molar-refractivity contribution in [2.24, 2.45) is 0 Å². The lowest BCUT2D eigenvalue weighted by Crippen LogP contribution is -2.11. The topological polar surface area (TPSA) is 73.1 Å². The van der Waals surface area contributed by atoms with Crippen molar-refractivity contribution in [1.29, 1.82) is 5.26 Å². The van der Waals surface area contributed by atoms with Gasteiger partial charge in [-0.15, -0.1) is 0 Å². The summed E-state index contributed by atoms with van der Waals surface area (Å²) in [7, 11) is 0. The van der Waals surface area contributed by atoms with Crippen LogP contribution in [0, 0.1) is 11.3 Å². The van der Waals surface area contributed by atoms with E-state index < -0.39 is 0 Å². The van der Waals surface area contributed by atoms with Crippen molar-refractivity contribution in [1.82, 2.24) is 0 Å². The summed E-state index contributed by atoms with van der Waals surface area (Å²) in [4.78, 5) is 12.1. The van der Waals surface area contributed by atoms with Gasteiger partial charge in [-0.05, 0) is 54.8 Å². The second kappa shape index (κ2) is 7.22. The molecule has 0 aliphatic heterocycles. The second-order valence-electron chi connectivity index (χ2n) is 4.67. The third kappa shape index (κ3) is 4.16. The van der Waals surface area contributed by atoms with Crippen LogP contribution < -0.4 is 5.32 Å². The molecule has 0 unspecified atom stereocenters. The lowest BCUT2D eigenvalue weighted by molar-refractivity contribution is 0.102. The second-order valence-corrected chi connectivity index (χ2v) is 4.67. The summed E-state index contributed by atoms with van der Waals surface area (Å²) >= 11 is 0. The molecule has 21 heavy (non-hydrogen) atoms. The van der Waals surface area contributed by atoms with Gasteiger partial charge < -0.3 is 10.4 Å². The van der Waals surface area contributed by atoms with Crippen molar-refractivity contribution < 1.29 is 9.90 Å². The zero-order valence-corrected chi connectivity index (χ0v) is 11.5. The average molecular weight is 280 g/mol. The third-order valence-electron chi connectivity index (χ3n) is 3.08. The van der Waals surface area contributed by atoms with Crippen LogP contribution in [-0.4, -0.2) is 17.6 Å². The first-order valence-corrected chi connectivity index (χ1v) is 6.74. The molecular weight excluding hydrogens is 264 g/mol. The first kappa shape index (κ1) is 14.8. The van der Waals surface area contributed by atoms with Gasteiger partial charge in [-0.1, -0.05) is 12.1 Å². The number of aryl methyl sites for hydroxylation is 1. The van der Waals surface area contributed by atoms with Crippen molar-refractivity contribution in [3.05, 3.63) is 65.2 Å². The van der Waals surface area contributed by atoms with Crippen LogP contribution in [0.5, 0.6) is 0 Å². The van der Waals surface area contributed by atoms with Crippen molar-refractivity contribution >= 4 is 11.6 Å². The van der Waals surface area contributed by atoms with E-state index in [1.54, 1.807) is 24.3 Å². The third-order valence-corrected chi connectivity index (χ3v) is 3.08. The van der Waals surface area contributed by atoms with Crippen LogP contribution in [-0.2, 0) is 6.42 Å². The zero-order valence-electron chi connectivity index (χ0n) is 11.5. The molecule has 106 valence electrons. The summed E-state index contributed by atoms with van der Waals surface area (Å²) in [5, 5.41) is 20.4. The number of nitrogens with one attached hydrogen (secondary N) is 1. The molecule has 0 spiro atoms. The van der Waals surface area contributed by atoms with E-state index >= 15 is 0 Å². The normalized spacial score (nSPS) is 9.90. The number of benzene rings is 2. The van der Waals surface area contributed by atoms with E-state index in [-0.39, 0.29) is 12.5 Å². The minimum absolute atomic E-state index is 0.155. The largest absolute Gasteiger partial charge is 0.396 e. The minimum Gasteiger partial charge on any atom is -0.396 e. The van der Waals surface area contributed by atoms with Crippen LogP contribution in [0.3, 0.4) is 0 Å². The fourth-order valence-corrected chi connectivity index (χ4v) is 1.99. The van der Waals surface area contributed by atoms with E-state index in [9.17, 15) is 4.79 Å². The first-order valence-electron chi connectivity index (χ1n) is 6.74. The van der Waals surface area contributed by atoms with E-state index in [2.05, 4.69) is 5.32 Å². The number of aliphatic hydroxyl groups excluding tert-OH is 1. The molecule has 0 saturated heterocycles. The number of hydrogen-bond acceptors (Lipinski definition) is 3. The van der Waals surface area contributed by atoms with E-state index in [0.29, 0.717) is 17.5 Å². The van der Waals surface area contributed by atoms with Crippen LogP contribution in [0.15, 0.2) is 48.5 Å². The van der Waals surface area contributed by atoms with Gasteiger partial charge in [0.05, 0.1) is 11.6 Å². The van der Waals surface area contributed by atoms with Crippen LogP contribution in [0.2, 0.25) is 0 Å². The molecule has 0 bridgehead atoms. The Kier molecular flexibility index (Phi) is 5.08. The Morgan fingerprint density at radius 2 is 1.95 bits per heavy atom. The maximum absolute atomic E-state index is 12.1. The van der Waals surface area contributed by atoms with E-state index in [1.807, 2.05) is 30.3 Å². The van der Waals surface area contributed by atoms with Gasteiger partial charge in [0.25, 0.3) is 5.91 Å². The molecular formula is C17H16N2O2. The molecule has 2 aromatic carbocycles. The SMILES string of the molecule is N#Cc1ccc(C(=O)Nc2cccc(CCCO)c2)cc1. The standard InChI is InChI=1S/C17H16N2O2/c18-12-14-6-8-15(9-7-14)17(21)19-16-5-1-3-13(11-16)4-2-10-20/h1,3,5-9,11,20H,2,4,10H2,(H,19,21). The first-order chi connectivity index (χ1) is 10.2. The van der Waals surface area contributed by atoms with Gasteiger partial charge in [-0.2, -0.15) is 5.26 Å². The van der Waals surface area contributed by atoms with Gasteiger partial charge in [-0.25, -0.2) is 0 Å². The molecule has 2 rings (SSSR count). The minimum atomic E-state index is -0.209. The van der Waals surface area contributed by atoms with Crippen LogP contribution in [0.25, 0.3) is 0 Å². The molecule has 0 heterocycles. The number of hydrogen-bond donors (Lipinski definition) is 2. The Labute approximate surface area is 123 Å². The molecule has 2 aromatic rings. The van der Waals surface area contributed by atoms with Gasteiger partial charge in [-0.3, -0.25) is 4.79 Å². The Hall–Kier alpha value is -2.64. The molecule has 2 N–H and O–H groups in total. The Morgan fingerprint density at radius 1 is 1.19 bits per heavy atom. The van der Waals surface area contributed by atoms with Gasteiger partial charge in [0.1, 0.15) is 0 Å². The number of amides is 1. The van der Waals surface area contributed by atoms with Gasteiger partial charge in [0.15, 0.2) is 0 Å². The molecule has 0 radical (unpaired) electrons. The summed E-state index contributed by atoms with van der Waals surface area (Å²) in [5.41, 5.74) is 2.83. The molecule has 0 fully saturated rings. The van der Waals surface area contributed by atoms with Crippen molar-refractivity contribution in [2.75, 3.05) is 11.9 Å². The number of aliphatic hydroxyl groups is 1. The maximum atomic E-state index is 12.1. The van der Waals surface area contributed by atoms with E-state index in [0.717, 1.165) is 17.7 Å². The summed E-state index contributed by atoms with van der Waals surface area (Å²) in [6, 6.07) is 16.1. The predicted molar refractivity (Wildman–Crippen MR) is 81.0 cm³/mol. The lowest BCUT2D eigenvalue weighted by atomic mass is 10.1. The summed E-state index contributed by atoms with van der Waals surface area (Å²) in [5.74, 6) is -0.209. The predicted octanol–water partition coefficient (Wildman–Crippen LogP) is 2.74. The van der Waals surface area contributed by atoms with Crippen LogP contribution in [0.1, 0.15) is 27.9 Å².